The first-order valence-electron chi connectivity index (χ1n) is 10.9. The molecule has 0 aliphatic carbocycles. The lowest BCUT2D eigenvalue weighted by Gasteiger charge is -2.33. The van der Waals surface area contributed by atoms with Crippen molar-refractivity contribution in [2.24, 2.45) is 5.73 Å². The lowest BCUT2D eigenvalue weighted by molar-refractivity contribution is -0.132. The van der Waals surface area contributed by atoms with Crippen molar-refractivity contribution in [3.05, 3.63) is 71.7 Å². The molecule has 0 saturated carbocycles. The van der Waals surface area contributed by atoms with E-state index in [1.165, 1.54) is 6.07 Å². The van der Waals surface area contributed by atoms with Crippen LogP contribution in [-0.4, -0.2) is 41.4 Å². The van der Waals surface area contributed by atoms with Crippen LogP contribution in [0.4, 0.5) is 4.39 Å². The number of likely N-dealkylation sites (tertiary alicyclic amines) is 1. The summed E-state index contributed by atoms with van der Waals surface area (Å²) in [4.78, 5) is 31.4. The SMILES string of the molecule is NC(=O)c1cc2ccccc2nc1[C@@H]1CCCN(C(=O)CCCOc2ccccc2F)C1. The van der Waals surface area contributed by atoms with E-state index in [-0.39, 0.29) is 24.2 Å². The Labute approximate surface area is 186 Å². The van der Waals surface area contributed by atoms with Gasteiger partial charge in [0.15, 0.2) is 11.6 Å². The maximum absolute atomic E-state index is 13.6. The Kier molecular flexibility index (Phi) is 6.63. The van der Waals surface area contributed by atoms with Crippen molar-refractivity contribution < 1.29 is 18.7 Å². The highest BCUT2D eigenvalue weighted by Gasteiger charge is 2.28. The molecule has 2 aromatic carbocycles. The first kappa shape index (κ1) is 21.7. The quantitative estimate of drug-likeness (QED) is 0.568. The molecule has 1 fully saturated rings. The van der Waals surface area contributed by atoms with Crippen molar-refractivity contribution in [2.75, 3.05) is 19.7 Å². The summed E-state index contributed by atoms with van der Waals surface area (Å²) in [5, 5.41) is 0.864. The highest BCUT2D eigenvalue weighted by atomic mass is 19.1. The maximum Gasteiger partial charge on any atom is 0.250 e. The summed E-state index contributed by atoms with van der Waals surface area (Å²) in [6, 6.07) is 15.6. The largest absolute Gasteiger partial charge is 0.491 e. The van der Waals surface area contributed by atoms with Gasteiger partial charge in [0.05, 0.1) is 23.4 Å². The molecule has 1 aliphatic heterocycles. The molecule has 4 rings (SSSR count). The lowest BCUT2D eigenvalue weighted by Crippen LogP contribution is -2.39. The Bertz CT molecular complexity index is 1130. The van der Waals surface area contributed by atoms with Crippen LogP contribution >= 0.6 is 0 Å². The molecule has 2 heterocycles. The van der Waals surface area contributed by atoms with Crippen molar-refractivity contribution in [3.63, 3.8) is 0 Å². The van der Waals surface area contributed by atoms with Crippen LogP contribution in [0, 0.1) is 5.82 Å². The zero-order chi connectivity index (χ0) is 22.5. The molecule has 0 spiro atoms. The van der Waals surface area contributed by atoms with E-state index >= 15 is 0 Å². The van der Waals surface area contributed by atoms with E-state index in [9.17, 15) is 14.0 Å². The van der Waals surface area contributed by atoms with Crippen molar-refractivity contribution in [1.82, 2.24) is 9.88 Å². The Morgan fingerprint density at radius 2 is 1.94 bits per heavy atom. The van der Waals surface area contributed by atoms with Gasteiger partial charge in [0, 0.05) is 30.8 Å². The van der Waals surface area contributed by atoms with Crippen LogP contribution in [0.1, 0.15) is 47.7 Å². The number of hydrogen-bond donors (Lipinski definition) is 1. The molecule has 3 aromatic rings. The molecule has 32 heavy (non-hydrogen) atoms. The van der Waals surface area contributed by atoms with E-state index < -0.39 is 11.7 Å². The molecule has 1 saturated heterocycles. The van der Waals surface area contributed by atoms with E-state index in [1.54, 1.807) is 24.3 Å². The van der Waals surface area contributed by atoms with Crippen LogP contribution < -0.4 is 10.5 Å². The molecule has 0 bridgehead atoms. The van der Waals surface area contributed by atoms with Gasteiger partial charge >= 0.3 is 0 Å². The van der Waals surface area contributed by atoms with Crippen LogP contribution in [0.25, 0.3) is 10.9 Å². The van der Waals surface area contributed by atoms with Crippen molar-refractivity contribution in [1.29, 1.82) is 0 Å². The minimum Gasteiger partial charge on any atom is -0.491 e. The molecule has 0 unspecified atom stereocenters. The summed E-state index contributed by atoms with van der Waals surface area (Å²) in [5.41, 5.74) is 7.53. The van der Waals surface area contributed by atoms with Crippen LogP contribution in [0.5, 0.6) is 5.75 Å². The second-order valence-electron chi connectivity index (χ2n) is 8.04. The van der Waals surface area contributed by atoms with E-state index in [4.69, 9.17) is 15.5 Å². The van der Waals surface area contributed by atoms with Gasteiger partial charge in [-0.3, -0.25) is 14.6 Å². The number of pyridine rings is 1. The molecule has 7 heteroatoms. The number of benzene rings is 2. The Morgan fingerprint density at radius 3 is 2.75 bits per heavy atom. The minimum atomic E-state index is -0.507. The van der Waals surface area contributed by atoms with Crippen LogP contribution in [0.2, 0.25) is 0 Å². The third kappa shape index (κ3) is 4.88. The van der Waals surface area contributed by atoms with Gasteiger partial charge in [-0.15, -0.1) is 0 Å². The predicted octanol–water partition coefficient (Wildman–Crippen LogP) is 4.04. The molecular formula is C25H26FN3O3. The summed E-state index contributed by atoms with van der Waals surface area (Å²) in [6.07, 6.45) is 2.48. The van der Waals surface area contributed by atoms with Gasteiger partial charge in [-0.2, -0.15) is 0 Å². The van der Waals surface area contributed by atoms with Gasteiger partial charge in [0.1, 0.15) is 0 Å². The number of fused-ring (bicyclic) bond motifs is 1. The summed E-state index contributed by atoms with van der Waals surface area (Å²) >= 11 is 0. The maximum atomic E-state index is 13.6. The summed E-state index contributed by atoms with van der Waals surface area (Å²) in [6.45, 7) is 1.43. The fourth-order valence-electron chi connectivity index (χ4n) is 4.19. The normalized spacial score (nSPS) is 16.2. The molecule has 2 N–H and O–H groups in total. The average Bonchev–Trinajstić information content (AvgIpc) is 2.82. The van der Waals surface area contributed by atoms with Crippen molar-refractivity contribution >= 4 is 22.7 Å². The Hall–Kier alpha value is -3.48. The number of ether oxygens (including phenoxy) is 1. The number of hydrogen-bond acceptors (Lipinski definition) is 4. The molecule has 1 aliphatic rings. The number of carbonyl (C=O) groups is 2. The monoisotopic (exact) mass is 435 g/mol. The highest BCUT2D eigenvalue weighted by Crippen LogP contribution is 2.30. The van der Waals surface area contributed by atoms with E-state index in [0.717, 1.165) is 23.7 Å². The average molecular weight is 435 g/mol. The summed E-state index contributed by atoms with van der Waals surface area (Å²) in [5.74, 6) is -0.750. The molecule has 166 valence electrons. The first-order valence-corrected chi connectivity index (χ1v) is 10.9. The van der Waals surface area contributed by atoms with E-state index in [0.29, 0.717) is 37.2 Å². The van der Waals surface area contributed by atoms with Crippen molar-refractivity contribution in [2.45, 2.75) is 31.6 Å². The minimum absolute atomic E-state index is 0.0215. The second kappa shape index (κ2) is 9.77. The van der Waals surface area contributed by atoms with E-state index in [2.05, 4.69) is 0 Å². The number of nitrogens with zero attached hydrogens (tertiary/aromatic N) is 2. The van der Waals surface area contributed by atoms with Gasteiger partial charge < -0.3 is 15.4 Å². The van der Waals surface area contributed by atoms with Gasteiger partial charge in [-0.25, -0.2) is 4.39 Å². The molecule has 2 amide bonds. The van der Waals surface area contributed by atoms with Crippen LogP contribution in [0.3, 0.4) is 0 Å². The third-order valence-electron chi connectivity index (χ3n) is 5.81. The van der Waals surface area contributed by atoms with Gasteiger partial charge in [0.25, 0.3) is 5.91 Å². The number of para-hydroxylation sites is 2. The zero-order valence-electron chi connectivity index (χ0n) is 17.8. The molecule has 0 radical (unpaired) electrons. The molecule has 1 atom stereocenters. The Morgan fingerprint density at radius 1 is 1.16 bits per heavy atom. The van der Waals surface area contributed by atoms with Crippen molar-refractivity contribution in [3.8, 4) is 5.75 Å². The summed E-state index contributed by atoms with van der Waals surface area (Å²) in [7, 11) is 0. The van der Waals surface area contributed by atoms with E-state index in [1.807, 2.05) is 29.2 Å². The highest BCUT2D eigenvalue weighted by molar-refractivity contribution is 5.97. The van der Waals surface area contributed by atoms with Gasteiger partial charge in [-0.1, -0.05) is 30.3 Å². The first-order chi connectivity index (χ1) is 15.5. The number of aromatic nitrogens is 1. The predicted molar refractivity (Wildman–Crippen MR) is 120 cm³/mol. The fourth-order valence-corrected chi connectivity index (χ4v) is 4.19. The molecule has 1 aromatic heterocycles. The summed E-state index contributed by atoms with van der Waals surface area (Å²) < 4.78 is 19.1. The zero-order valence-corrected chi connectivity index (χ0v) is 17.8. The standard InChI is InChI=1S/C25H26FN3O3/c26-20-9-2-4-11-22(20)32-14-6-12-23(30)29-13-5-8-18(16-29)24-19(25(27)31)15-17-7-1-3-10-21(17)28-24/h1-4,7,9-11,15,18H,5-6,8,12-14,16H2,(H2,27,31)/t18-/m1/s1. The lowest BCUT2D eigenvalue weighted by atomic mass is 9.90. The molecular weight excluding hydrogens is 409 g/mol. The number of carbonyl (C=O) groups excluding carboxylic acids is 2. The van der Waals surface area contributed by atoms with Gasteiger partial charge in [-0.05, 0) is 43.5 Å². The fraction of sp³-hybridized carbons (Fsp3) is 0.320. The smallest absolute Gasteiger partial charge is 0.250 e. The second-order valence-corrected chi connectivity index (χ2v) is 8.04. The number of amides is 2. The van der Waals surface area contributed by atoms with Crippen LogP contribution in [0.15, 0.2) is 54.6 Å². The Balaban J connectivity index is 1.40. The number of rotatable bonds is 7. The third-order valence-corrected chi connectivity index (χ3v) is 5.81. The number of piperidine rings is 1. The molecule has 6 nitrogen and oxygen atoms in total. The number of primary amides is 1. The number of nitrogens with two attached hydrogens (primary N) is 1. The van der Waals surface area contributed by atoms with Crippen LogP contribution in [-0.2, 0) is 4.79 Å². The van der Waals surface area contributed by atoms with Gasteiger partial charge in [0.2, 0.25) is 5.91 Å². The number of halogens is 1. The topological polar surface area (TPSA) is 85.5 Å².